The van der Waals surface area contributed by atoms with Crippen molar-refractivity contribution in [2.75, 3.05) is 19.6 Å². The molecule has 0 spiro atoms. The second-order valence-electron chi connectivity index (χ2n) is 7.45. The third-order valence-electron chi connectivity index (χ3n) is 5.14. The number of likely N-dealkylation sites (tertiary alicyclic amines) is 1. The molecule has 0 aliphatic carbocycles. The van der Waals surface area contributed by atoms with Crippen LogP contribution in [0.1, 0.15) is 42.9 Å². The summed E-state index contributed by atoms with van der Waals surface area (Å²) in [6.07, 6.45) is 2.00. The number of benzene rings is 1. The molecule has 27 heavy (non-hydrogen) atoms. The average Bonchev–Trinajstić information content (AvgIpc) is 2.53. The van der Waals surface area contributed by atoms with Crippen molar-refractivity contribution >= 4 is 28.3 Å². The molecule has 0 aromatic heterocycles. The van der Waals surface area contributed by atoms with Gasteiger partial charge >= 0.3 is 0 Å². The first-order valence-electron chi connectivity index (χ1n) is 9.22. The minimum atomic E-state index is -3.62. The number of piperidine rings is 1. The van der Waals surface area contributed by atoms with Gasteiger partial charge in [-0.1, -0.05) is 17.7 Å². The van der Waals surface area contributed by atoms with E-state index in [0.29, 0.717) is 23.9 Å². The van der Waals surface area contributed by atoms with Crippen LogP contribution in [0.4, 0.5) is 0 Å². The quantitative estimate of drug-likeness (QED) is 0.742. The van der Waals surface area contributed by atoms with E-state index < -0.39 is 10.0 Å². The molecule has 2 rings (SSSR count). The highest BCUT2D eigenvalue weighted by Crippen LogP contribution is 2.22. The van der Waals surface area contributed by atoms with E-state index in [9.17, 15) is 13.2 Å². The fourth-order valence-corrected chi connectivity index (χ4v) is 5.27. The molecule has 0 radical (unpaired) electrons. The van der Waals surface area contributed by atoms with Crippen LogP contribution in [0.2, 0.25) is 0 Å². The number of carbonyl (C=O) groups is 1. The summed E-state index contributed by atoms with van der Waals surface area (Å²) in [4.78, 5) is 14.5. The molecule has 1 aromatic carbocycles. The van der Waals surface area contributed by atoms with Crippen LogP contribution < -0.4 is 10.5 Å². The van der Waals surface area contributed by atoms with Gasteiger partial charge in [-0.3, -0.25) is 4.79 Å². The summed E-state index contributed by atoms with van der Waals surface area (Å²) in [5, 5.41) is 0. The lowest BCUT2D eigenvalue weighted by molar-refractivity contribution is -0.132. The lowest BCUT2D eigenvalue weighted by atomic mass is 9.91. The van der Waals surface area contributed by atoms with Gasteiger partial charge in [-0.05, 0) is 57.6 Å². The smallest absolute Gasteiger partial charge is 0.241 e. The van der Waals surface area contributed by atoms with E-state index in [1.165, 1.54) is 0 Å². The number of hydrogen-bond donors (Lipinski definition) is 2. The Morgan fingerprint density at radius 1 is 1.22 bits per heavy atom. The van der Waals surface area contributed by atoms with Crippen LogP contribution >= 0.6 is 12.4 Å². The zero-order chi connectivity index (χ0) is 19.5. The molecule has 8 heteroatoms. The third kappa shape index (κ3) is 6.17. The number of carbonyl (C=O) groups excluding carboxylic acids is 1. The zero-order valence-corrected chi connectivity index (χ0v) is 18.3. The second kappa shape index (κ2) is 9.87. The van der Waals surface area contributed by atoms with Crippen LogP contribution in [0, 0.1) is 26.7 Å². The molecule has 1 aliphatic heterocycles. The van der Waals surface area contributed by atoms with Crippen LogP contribution in [-0.2, 0) is 14.8 Å². The average molecular weight is 418 g/mol. The Balaban J connectivity index is 0.00000364. The first kappa shape index (κ1) is 23.9. The van der Waals surface area contributed by atoms with E-state index in [2.05, 4.69) is 4.72 Å². The Morgan fingerprint density at radius 3 is 2.22 bits per heavy atom. The monoisotopic (exact) mass is 417 g/mol. The van der Waals surface area contributed by atoms with Gasteiger partial charge < -0.3 is 10.6 Å². The minimum Gasteiger partial charge on any atom is -0.343 e. The van der Waals surface area contributed by atoms with E-state index in [1.54, 1.807) is 13.8 Å². The summed E-state index contributed by atoms with van der Waals surface area (Å²) in [5.41, 5.74) is 8.40. The Morgan fingerprint density at radius 2 is 1.74 bits per heavy atom. The van der Waals surface area contributed by atoms with Gasteiger partial charge in [0.25, 0.3) is 0 Å². The molecule has 1 aliphatic rings. The fraction of sp³-hybridized carbons (Fsp3) is 0.632. The summed E-state index contributed by atoms with van der Waals surface area (Å²) >= 11 is 0. The van der Waals surface area contributed by atoms with Crippen molar-refractivity contribution in [1.29, 1.82) is 0 Å². The molecule has 1 heterocycles. The van der Waals surface area contributed by atoms with Crippen molar-refractivity contribution in [1.82, 2.24) is 9.62 Å². The molecule has 1 amide bonds. The molecule has 0 bridgehead atoms. The van der Waals surface area contributed by atoms with Crippen LogP contribution in [0.25, 0.3) is 0 Å². The van der Waals surface area contributed by atoms with Crippen molar-refractivity contribution in [3.63, 3.8) is 0 Å². The standard InChI is InChI=1S/C19H31N3O3S.ClH/c1-13-11-14(2)19(15(3)12-13)26(24,25)21-8-5-18(23)22-9-6-17(7-10-22)16(4)20;/h11-12,16-17,21H,5-10,20H2,1-4H3;1H. The largest absolute Gasteiger partial charge is 0.343 e. The van der Waals surface area contributed by atoms with Gasteiger partial charge in [0, 0.05) is 32.1 Å². The first-order chi connectivity index (χ1) is 12.1. The number of halogens is 1. The minimum absolute atomic E-state index is 0. The van der Waals surface area contributed by atoms with E-state index in [4.69, 9.17) is 5.73 Å². The van der Waals surface area contributed by atoms with Crippen molar-refractivity contribution in [2.24, 2.45) is 11.7 Å². The summed E-state index contributed by atoms with van der Waals surface area (Å²) < 4.78 is 27.8. The molecule has 6 nitrogen and oxygen atoms in total. The number of amides is 1. The zero-order valence-electron chi connectivity index (χ0n) is 16.6. The van der Waals surface area contributed by atoms with E-state index in [0.717, 1.165) is 29.5 Å². The van der Waals surface area contributed by atoms with Crippen LogP contribution in [0.3, 0.4) is 0 Å². The first-order valence-corrected chi connectivity index (χ1v) is 10.7. The molecule has 1 saturated heterocycles. The van der Waals surface area contributed by atoms with Crippen molar-refractivity contribution in [2.45, 2.75) is 57.9 Å². The highest BCUT2D eigenvalue weighted by Gasteiger charge is 2.25. The van der Waals surface area contributed by atoms with Gasteiger partial charge in [0.1, 0.15) is 0 Å². The molecule has 1 aromatic rings. The molecule has 154 valence electrons. The number of aryl methyl sites for hydroxylation is 3. The van der Waals surface area contributed by atoms with E-state index in [1.807, 2.05) is 30.9 Å². The number of nitrogens with one attached hydrogen (secondary N) is 1. The number of sulfonamides is 1. The van der Waals surface area contributed by atoms with E-state index >= 15 is 0 Å². The maximum Gasteiger partial charge on any atom is 0.241 e. The Labute approximate surface area is 169 Å². The van der Waals surface area contributed by atoms with E-state index in [-0.39, 0.29) is 37.3 Å². The summed E-state index contributed by atoms with van der Waals surface area (Å²) in [6, 6.07) is 3.87. The molecule has 1 atom stereocenters. The summed E-state index contributed by atoms with van der Waals surface area (Å²) in [7, 11) is -3.62. The highest BCUT2D eigenvalue weighted by molar-refractivity contribution is 7.89. The predicted molar refractivity (Wildman–Crippen MR) is 111 cm³/mol. The van der Waals surface area contributed by atoms with Gasteiger partial charge in [-0.15, -0.1) is 12.4 Å². The maximum atomic E-state index is 12.6. The number of nitrogens with two attached hydrogens (primary N) is 1. The van der Waals surface area contributed by atoms with Crippen LogP contribution in [0.5, 0.6) is 0 Å². The van der Waals surface area contributed by atoms with Gasteiger partial charge in [0.05, 0.1) is 4.90 Å². The van der Waals surface area contributed by atoms with Gasteiger partial charge in [0.2, 0.25) is 15.9 Å². The van der Waals surface area contributed by atoms with Gasteiger partial charge in [-0.25, -0.2) is 13.1 Å². The molecule has 3 N–H and O–H groups in total. The SMILES string of the molecule is Cc1cc(C)c(S(=O)(=O)NCCC(=O)N2CCC(C(C)N)CC2)c(C)c1.Cl. The van der Waals surface area contributed by atoms with Crippen LogP contribution in [0.15, 0.2) is 17.0 Å². The molecular weight excluding hydrogens is 386 g/mol. The normalized spacial score (nSPS) is 16.7. The topological polar surface area (TPSA) is 92.5 Å². The molecule has 0 saturated carbocycles. The molecule has 1 fully saturated rings. The number of hydrogen-bond acceptors (Lipinski definition) is 4. The van der Waals surface area contributed by atoms with Gasteiger partial charge in [-0.2, -0.15) is 0 Å². The van der Waals surface area contributed by atoms with Crippen molar-refractivity contribution in [3.05, 3.63) is 28.8 Å². The lowest BCUT2D eigenvalue weighted by Gasteiger charge is -2.33. The second-order valence-corrected chi connectivity index (χ2v) is 9.16. The fourth-order valence-electron chi connectivity index (χ4n) is 3.79. The Bertz CT molecular complexity index is 734. The third-order valence-corrected chi connectivity index (χ3v) is 6.91. The summed E-state index contributed by atoms with van der Waals surface area (Å²) in [5.74, 6) is 0.457. The predicted octanol–water partition coefficient (Wildman–Crippen LogP) is 2.29. The molecular formula is C19H32ClN3O3S. The highest BCUT2D eigenvalue weighted by atomic mass is 35.5. The Kier molecular flexibility index (Phi) is 8.73. The Hall–Kier alpha value is -1.15. The lowest BCUT2D eigenvalue weighted by Crippen LogP contribution is -2.43. The number of rotatable bonds is 6. The van der Waals surface area contributed by atoms with Crippen molar-refractivity contribution < 1.29 is 13.2 Å². The maximum absolute atomic E-state index is 12.6. The number of nitrogens with zero attached hydrogens (tertiary/aromatic N) is 1. The molecule has 1 unspecified atom stereocenters. The van der Waals surface area contributed by atoms with Gasteiger partial charge in [0.15, 0.2) is 0 Å². The van der Waals surface area contributed by atoms with Crippen LogP contribution in [-0.4, -0.2) is 44.9 Å². The van der Waals surface area contributed by atoms with Crippen molar-refractivity contribution in [3.8, 4) is 0 Å². The summed E-state index contributed by atoms with van der Waals surface area (Å²) in [6.45, 7) is 9.05.